The van der Waals surface area contributed by atoms with Gasteiger partial charge in [-0.3, -0.25) is 0 Å². The average molecular weight is 407 g/mol. The van der Waals surface area contributed by atoms with E-state index >= 15 is 0 Å². The predicted molar refractivity (Wildman–Crippen MR) is 109 cm³/mol. The summed E-state index contributed by atoms with van der Waals surface area (Å²) >= 11 is 0. The minimum Gasteiger partial charge on any atom is -0.497 e. The summed E-state index contributed by atoms with van der Waals surface area (Å²) in [5.41, 5.74) is 2.37. The molecule has 3 N–H and O–H groups in total. The van der Waals surface area contributed by atoms with Crippen LogP contribution in [0.1, 0.15) is 29.7 Å². The molecule has 0 heterocycles. The van der Waals surface area contributed by atoms with E-state index in [1.165, 1.54) is 13.2 Å². The number of nitrogens with one attached hydrogen (secondary N) is 2. The van der Waals surface area contributed by atoms with Crippen LogP contribution in [-0.2, 0) is 6.54 Å². The van der Waals surface area contributed by atoms with Crippen molar-refractivity contribution in [2.75, 3.05) is 20.2 Å². The maximum absolute atomic E-state index is 12.7. The first-order valence-electron chi connectivity index (χ1n) is 9.31. The molecule has 6 nitrogen and oxygen atoms in total. The molecule has 0 fully saturated rings. The Bertz CT molecular complexity index is 798. The van der Waals surface area contributed by atoms with Crippen LogP contribution in [0.15, 0.2) is 47.5 Å². The van der Waals surface area contributed by atoms with Crippen molar-refractivity contribution < 1.29 is 23.4 Å². The standard InChI is InChI=1S/C21H27F2N3O3/c1-4-24-21(26-13-18(27)15-7-5-14(2)6-8-15)25-12-16-11-17(28-3)9-10-19(16)29-20(22)23/h5-11,18,20,27H,4,12-13H2,1-3H3,(H2,24,25,26). The highest BCUT2D eigenvalue weighted by Gasteiger charge is 2.12. The Labute approximate surface area is 169 Å². The van der Waals surface area contributed by atoms with Gasteiger partial charge < -0.3 is 25.2 Å². The molecule has 0 spiro atoms. The average Bonchev–Trinajstić information content (AvgIpc) is 2.70. The van der Waals surface area contributed by atoms with Gasteiger partial charge in [0.2, 0.25) is 0 Å². The van der Waals surface area contributed by atoms with Crippen LogP contribution < -0.4 is 20.1 Å². The highest BCUT2D eigenvalue weighted by molar-refractivity contribution is 5.79. The first-order chi connectivity index (χ1) is 13.9. The van der Waals surface area contributed by atoms with Gasteiger partial charge >= 0.3 is 6.61 Å². The normalized spacial score (nSPS) is 12.6. The van der Waals surface area contributed by atoms with Crippen LogP contribution in [0.3, 0.4) is 0 Å². The van der Waals surface area contributed by atoms with Gasteiger partial charge in [-0.25, -0.2) is 4.99 Å². The fraction of sp³-hybridized carbons (Fsp3) is 0.381. The molecule has 1 atom stereocenters. The SMILES string of the molecule is CCNC(=NCc1cc(OC)ccc1OC(F)F)NCC(O)c1ccc(C)cc1. The topological polar surface area (TPSA) is 75.1 Å². The van der Waals surface area contributed by atoms with Crippen molar-refractivity contribution in [1.29, 1.82) is 0 Å². The number of hydrogen-bond acceptors (Lipinski definition) is 4. The molecule has 29 heavy (non-hydrogen) atoms. The van der Waals surface area contributed by atoms with Gasteiger partial charge in [0.15, 0.2) is 5.96 Å². The number of aliphatic hydroxyl groups is 1. The molecule has 0 saturated carbocycles. The van der Waals surface area contributed by atoms with Crippen LogP contribution in [0.5, 0.6) is 11.5 Å². The molecule has 2 rings (SSSR count). The van der Waals surface area contributed by atoms with Crippen molar-refractivity contribution in [1.82, 2.24) is 10.6 Å². The highest BCUT2D eigenvalue weighted by Crippen LogP contribution is 2.26. The van der Waals surface area contributed by atoms with Gasteiger partial charge in [0.25, 0.3) is 0 Å². The molecule has 0 bridgehead atoms. The molecule has 2 aromatic carbocycles. The Morgan fingerprint density at radius 3 is 2.48 bits per heavy atom. The fourth-order valence-corrected chi connectivity index (χ4v) is 2.62. The lowest BCUT2D eigenvalue weighted by Crippen LogP contribution is -2.39. The molecule has 1 unspecified atom stereocenters. The van der Waals surface area contributed by atoms with Crippen LogP contribution in [-0.4, -0.2) is 37.9 Å². The van der Waals surface area contributed by atoms with Gasteiger partial charge in [0, 0.05) is 18.7 Å². The van der Waals surface area contributed by atoms with Crippen molar-refractivity contribution in [3.8, 4) is 11.5 Å². The van der Waals surface area contributed by atoms with Crippen LogP contribution in [0.2, 0.25) is 0 Å². The zero-order valence-electron chi connectivity index (χ0n) is 16.8. The van der Waals surface area contributed by atoms with E-state index in [1.54, 1.807) is 12.1 Å². The lowest BCUT2D eigenvalue weighted by Gasteiger charge is -2.16. The fourth-order valence-electron chi connectivity index (χ4n) is 2.62. The number of aryl methyl sites for hydroxylation is 1. The molecule has 2 aromatic rings. The molecular formula is C21H27F2N3O3. The highest BCUT2D eigenvalue weighted by atomic mass is 19.3. The Morgan fingerprint density at radius 1 is 1.14 bits per heavy atom. The summed E-state index contributed by atoms with van der Waals surface area (Å²) in [6.45, 7) is 1.90. The molecular weight excluding hydrogens is 380 g/mol. The number of nitrogens with zero attached hydrogens (tertiary/aromatic N) is 1. The summed E-state index contributed by atoms with van der Waals surface area (Å²) in [6, 6.07) is 12.2. The van der Waals surface area contributed by atoms with Crippen molar-refractivity contribution in [3.05, 3.63) is 59.2 Å². The third kappa shape index (κ3) is 7.23. The van der Waals surface area contributed by atoms with Crippen molar-refractivity contribution in [2.24, 2.45) is 4.99 Å². The van der Waals surface area contributed by atoms with Crippen LogP contribution in [0, 0.1) is 6.92 Å². The molecule has 0 radical (unpaired) electrons. The maximum Gasteiger partial charge on any atom is 0.387 e. The summed E-state index contributed by atoms with van der Waals surface area (Å²) in [5, 5.41) is 16.5. The molecule has 0 saturated heterocycles. The number of benzene rings is 2. The summed E-state index contributed by atoms with van der Waals surface area (Å²) in [7, 11) is 1.49. The second-order valence-corrected chi connectivity index (χ2v) is 6.35. The number of halogens is 2. The third-order valence-electron chi connectivity index (χ3n) is 4.16. The second kappa shape index (κ2) is 11.2. The van der Waals surface area contributed by atoms with Gasteiger partial charge in [-0.1, -0.05) is 29.8 Å². The number of aliphatic hydroxyl groups excluding tert-OH is 1. The van der Waals surface area contributed by atoms with E-state index in [0.717, 1.165) is 11.1 Å². The Balaban J connectivity index is 2.09. The van der Waals surface area contributed by atoms with Crippen LogP contribution in [0.4, 0.5) is 8.78 Å². The minimum absolute atomic E-state index is 0.0417. The number of rotatable bonds is 9. The summed E-state index contributed by atoms with van der Waals surface area (Å²) in [6.07, 6.45) is -0.714. The van der Waals surface area contributed by atoms with E-state index in [4.69, 9.17) is 4.74 Å². The zero-order chi connectivity index (χ0) is 21.2. The lowest BCUT2D eigenvalue weighted by atomic mass is 10.1. The van der Waals surface area contributed by atoms with Crippen molar-refractivity contribution >= 4 is 5.96 Å². The number of alkyl halides is 2. The third-order valence-corrected chi connectivity index (χ3v) is 4.16. The molecule has 0 aromatic heterocycles. The van der Waals surface area contributed by atoms with E-state index in [2.05, 4.69) is 20.4 Å². The molecule has 158 valence electrons. The predicted octanol–water partition coefficient (Wildman–Crippen LogP) is 3.39. The number of aliphatic imine (C=N–C) groups is 1. The van der Waals surface area contributed by atoms with Gasteiger partial charge in [0.1, 0.15) is 11.5 Å². The van der Waals surface area contributed by atoms with Crippen LogP contribution >= 0.6 is 0 Å². The first-order valence-corrected chi connectivity index (χ1v) is 9.31. The molecule has 0 aliphatic heterocycles. The number of hydrogen-bond donors (Lipinski definition) is 3. The lowest BCUT2D eigenvalue weighted by molar-refractivity contribution is -0.0504. The molecule has 0 aliphatic carbocycles. The van der Waals surface area contributed by atoms with Crippen LogP contribution in [0.25, 0.3) is 0 Å². The zero-order valence-corrected chi connectivity index (χ0v) is 16.8. The first kappa shape index (κ1) is 22.4. The Hall–Kier alpha value is -2.87. The van der Waals surface area contributed by atoms with Gasteiger partial charge in [-0.05, 0) is 37.6 Å². The minimum atomic E-state index is -2.93. The number of methoxy groups -OCH3 is 1. The van der Waals surface area contributed by atoms with E-state index in [0.29, 0.717) is 23.8 Å². The van der Waals surface area contributed by atoms with E-state index in [-0.39, 0.29) is 18.8 Å². The molecule has 8 heteroatoms. The monoisotopic (exact) mass is 407 g/mol. The molecule has 0 aliphatic rings. The van der Waals surface area contributed by atoms with Gasteiger partial charge in [-0.2, -0.15) is 8.78 Å². The summed E-state index contributed by atoms with van der Waals surface area (Å²) in [5.74, 6) is 1.01. The molecule has 0 amide bonds. The largest absolute Gasteiger partial charge is 0.497 e. The van der Waals surface area contributed by atoms with Crippen molar-refractivity contribution in [3.63, 3.8) is 0 Å². The second-order valence-electron chi connectivity index (χ2n) is 6.35. The Kier molecular flexibility index (Phi) is 8.67. The number of ether oxygens (including phenoxy) is 2. The smallest absolute Gasteiger partial charge is 0.387 e. The van der Waals surface area contributed by atoms with E-state index in [9.17, 15) is 13.9 Å². The van der Waals surface area contributed by atoms with E-state index < -0.39 is 12.7 Å². The van der Waals surface area contributed by atoms with Gasteiger partial charge in [0.05, 0.1) is 19.8 Å². The number of guanidine groups is 1. The quantitative estimate of drug-likeness (QED) is 0.439. The summed E-state index contributed by atoms with van der Waals surface area (Å²) in [4.78, 5) is 4.41. The van der Waals surface area contributed by atoms with Gasteiger partial charge in [-0.15, -0.1) is 0 Å². The summed E-state index contributed by atoms with van der Waals surface area (Å²) < 4.78 is 35.0. The van der Waals surface area contributed by atoms with Crippen molar-refractivity contribution in [2.45, 2.75) is 33.1 Å². The Morgan fingerprint density at radius 2 is 1.86 bits per heavy atom. The van der Waals surface area contributed by atoms with E-state index in [1.807, 2.05) is 38.1 Å². The maximum atomic E-state index is 12.7.